The standard InChI is InChI=1S/C26H26N2O2S/c29-22-7-6-20(26-13-16-8-17(14-26)10-18(9-16)15-26)11-19(22)12-23-24(30)28-25(31-23)27-21-4-2-1-3-5-21/h1-7,11-12,16-18,29H,8-10,13-15H2,(H,27,28,30)/b23-12-. The number of thioether (sulfide) groups is 1. The SMILES string of the molecule is O=C1NC(=Nc2ccccc2)S/C1=C\c1cc(C23CC4CC(CC(C4)C2)C3)ccc1O. The van der Waals surface area contributed by atoms with Gasteiger partial charge >= 0.3 is 0 Å². The Balaban J connectivity index is 1.30. The maximum atomic E-state index is 12.5. The highest BCUT2D eigenvalue weighted by atomic mass is 32.2. The lowest BCUT2D eigenvalue weighted by Gasteiger charge is -2.57. The van der Waals surface area contributed by atoms with Crippen LogP contribution in [0.2, 0.25) is 0 Å². The third kappa shape index (κ3) is 3.49. The number of hydrogen-bond donors (Lipinski definition) is 2. The second-order valence-electron chi connectivity index (χ2n) is 9.79. The Morgan fingerprint density at radius 2 is 1.68 bits per heavy atom. The fraction of sp³-hybridized carbons (Fsp3) is 0.385. The molecule has 4 saturated carbocycles. The first kappa shape index (κ1) is 19.2. The topological polar surface area (TPSA) is 61.7 Å². The number of para-hydroxylation sites is 1. The van der Waals surface area contributed by atoms with Gasteiger partial charge in [0.15, 0.2) is 5.17 Å². The Bertz CT molecular complexity index is 1070. The molecule has 1 heterocycles. The Hall–Kier alpha value is -2.53. The number of phenols is 1. The third-order valence-electron chi connectivity index (χ3n) is 7.60. The predicted octanol–water partition coefficient (Wildman–Crippen LogP) is 5.75. The zero-order chi connectivity index (χ0) is 21.0. The lowest BCUT2D eigenvalue weighted by molar-refractivity contribution is -0.115. The molecule has 31 heavy (non-hydrogen) atoms. The van der Waals surface area contributed by atoms with E-state index in [-0.39, 0.29) is 17.1 Å². The number of amidine groups is 1. The van der Waals surface area contributed by atoms with Crippen LogP contribution in [0.5, 0.6) is 5.75 Å². The second-order valence-corrected chi connectivity index (χ2v) is 10.8. The van der Waals surface area contributed by atoms with Crippen LogP contribution in [0, 0.1) is 17.8 Å². The van der Waals surface area contributed by atoms with Gasteiger partial charge in [0, 0.05) is 5.56 Å². The smallest absolute Gasteiger partial charge is 0.264 e. The van der Waals surface area contributed by atoms with Gasteiger partial charge in [-0.05, 0) is 109 Å². The molecule has 5 heteroatoms. The number of aromatic hydroxyl groups is 1. The van der Waals surface area contributed by atoms with E-state index in [0.717, 1.165) is 29.0 Å². The summed E-state index contributed by atoms with van der Waals surface area (Å²) in [6, 6.07) is 15.7. The number of amides is 1. The number of hydrogen-bond acceptors (Lipinski definition) is 4. The Labute approximate surface area is 186 Å². The Kier molecular flexibility index (Phi) is 4.49. The molecule has 0 spiro atoms. The van der Waals surface area contributed by atoms with E-state index < -0.39 is 0 Å². The summed E-state index contributed by atoms with van der Waals surface area (Å²) in [6.45, 7) is 0. The molecule has 0 atom stereocenters. The van der Waals surface area contributed by atoms with E-state index >= 15 is 0 Å². The van der Waals surface area contributed by atoms with Crippen LogP contribution < -0.4 is 5.32 Å². The molecule has 0 unspecified atom stereocenters. The van der Waals surface area contributed by atoms with Crippen LogP contribution in [0.4, 0.5) is 5.69 Å². The van der Waals surface area contributed by atoms with Crippen molar-refractivity contribution in [3.63, 3.8) is 0 Å². The minimum absolute atomic E-state index is 0.167. The number of aliphatic imine (C=N–C) groups is 1. The first-order valence-corrected chi connectivity index (χ1v) is 12.1. The predicted molar refractivity (Wildman–Crippen MR) is 125 cm³/mol. The molecule has 2 aromatic rings. The van der Waals surface area contributed by atoms with Crippen LogP contribution in [0.15, 0.2) is 58.4 Å². The van der Waals surface area contributed by atoms with E-state index in [1.54, 1.807) is 0 Å². The number of nitrogens with zero attached hydrogens (tertiary/aromatic N) is 1. The first-order chi connectivity index (χ1) is 15.1. The molecule has 1 amide bonds. The molecule has 2 aromatic carbocycles. The van der Waals surface area contributed by atoms with Crippen molar-refractivity contribution in [2.45, 2.75) is 43.9 Å². The fourth-order valence-electron chi connectivity index (χ4n) is 6.71. The van der Waals surface area contributed by atoms with E-state index in [9.17, 15) is 9.90 Å². The summed E-state index contributed by atoms with van der Waals surface area (Å²) in [4.78, 5) is 17.6. The first-order valence-electron chi connectivity index (χ1n) is 11.2. The summed E-state index contributed by atoms with van der Waals surface area (Å²) < 4.78 is 0. The molecule has 4 aliphatic carbocycles. The summed E-state index contributed by atoms with van der Waals surface area (Å²) in [5.41, 5.74) is 3.14. The summed E-state index contributed by atoms with van der Waals surface area (Å²) in [6.07, 6.45) is 9.89. The number of benzene rings is 2. The largest absolute Gasteiger partial charge is 0.507 e. The molecule has 158 valence electrons. The van der Waals surface area contributed by atoms with Gasteiger partial charge in [-0.1, -0.05) is 24.3 Å². The molecule has 2 N–H and O–H groups in total. The maximum Gasteiger partial charge on any atom is 0.264 e. The maximum absolute atomic E-state index is 12.5. The van der Waals surface area contributed by atoms with Crippen molar-refractivity contribution in [2.24, 2.45) is 22.7 Å². The average molecular weight is 431 g/mol. The van der Waals surface area contributed by atoms with Crippen LogP contribution >= 0.6 is 11.8 Å². The summed E-state index contributed by atoms with van der Waals surface area (Å²) in [7, 11) is 0. The van der Waals surface area contributed by atoms with Gasteiger partial charge in [0.25, 0.3) is 5.91 Å². The average Bonchev–Trinajstić information content (AvgIpc) is 3.08. The second kappa shape index (κ2) is 7.27. The normalized spacial score (nSPS) is 33.9. The molecule has 5 aliphatic rings. The highest BCUT2D eigenvalue weighted by Gasteiger charge is 2.51. The highest BCUT2D eigenvalue weighted by molar-refractivity contribution is 8.18. The van der Waals surface area contributed by atoms with E-state index in [1.165, 1.54) is 55.9 Å². The van der Waals surface area contributed by atoms with Crippen molar-refractivity contribution in [1.82, 2.24) is 5.32 Å². The van der Waals surface area contributed by atoms with Gasteiger partial charge in [0.05, 0.1) is 10.6 Å². The number of phenolic OH excluding ortho intramolecular Hbond substituents is 1. The van der Waals surface area contributed by atoms with Crippen molar-refractivity contribution in [2.75, 3.05) is 0 Å². The molecule has 4 bridgehead atoms. The monoisotopic (exact) mass is 430 g/mol. The van der Waals surface area contributed by atoms with Gasteiger partial charge in [-0.3, -0.25) is 4.79 Å². The summed E-state index contributed by atoms with van der Waals surface area (Å²) in [5, 5.41) is 14.0. The molecule has 0 radical (unpaired) electrons. The molecular formula is C26H26N2O2S. The van der Waals surface area contributed by atoms with Gasteiger partial charge in [0.1, 0.15) is 5.75 Å². The van der Waals surface area contributed by atoms with Crippen LogP contribution in [0.3, 0.4) is 0 Å². The molecule has 5 fully saturated rings. The van der Waals surface area contributed by atoms with Gasteiger partial charge in [-0.25, -0.2) is 4.99 Å². The minimum Gasteiger partial charge on any atom is -0.507 e. The van der Waals surface area contributed by atoms with Crippen LogP contribution in [-0.2, 0) is 10.2 Å². The van der Waals surface area contributed by atoms with Crippen molar-refractivity contribution in [3.8, 4) is 5.75 Å². The Morgan fingerprint density at radius 3 is 2.35 bits per heavy atom. The van der Waals surface area contributed by atoms with Crippen molar-refractivity contribution >= 4 is 34.6 Å². The highest BCUT2D eigenvalue weighted by Crippen LogP contribution is 2.60. The molecule has 4 nitrogen and oxygen atoms in total. The zero-order valence-electron chi connectivity index (χ0n) is 17.4. The van der Waals surface area contributed by atoms with E-state index in [1.807, 2.05) is 42.5 Å². The summed E-state index contributed by atoms with van der Waals surface area (Å²) in [5.74, 6) is 2.67. The Morgan fingerprint density at radius 1 is 1.00 bits per heavy atom. The third-order valence-corrected chi connectivity index (χ3v) is 8.51. The molecule has 1 aliphatic heterocycles. The van der Waals surface area contributed by atoms with Crippen molar-refractivity contribution in [3.05, 3.63) is 64.6 Å². The van der Waals surface area contributed by atoms with Gasteiger partial charge in [-0.15, -0.1) is 0 Å². The molecule has 7 rings (SSSR count). The van der Waals surface area contributed by atoms with E-state index in [0.29, 0.717) is 10.1 Å². The van der Waals surface area contributed by atoms with E-state index in [4.69, 9.17) is 0 Å². The van der Waals surface area contributed by atoms with Crippen LogP contribution in [0.1, 0.15) is 49.7 Å². The van der Waals surface area contributed by atoms with E-state index in [2.05, 4.69) is 22.4 Å². The lowest BCUT2D eigenvalue weighted by Crippen LogP contribution is -2.48. The number of carbonyl (C=O) groups excluding carboxylic acids is 1. The zero-order valence-corrected chi connectivity index (χ0v) is 18.2. The number of rotatable bonds is 3. The van der Waals surface area contributed by atoms with Crippen molar-refractivity contribution in [1.29, 1.82) is 0 Å². The van der Waals surface area contributed by atoms with Crippen LogP contribution in [-0.4, -0.2) is 16.2 Å². The van der Waals surface area contributed by atoms with Gasteiger partial charge in [-0.2, -0.15) is 0 Å². The molecule has 1 saturated heterocycles. The fourth-order valence-corrected chi connectivity index (χ4v) is 7.54. The molecular weight excluding hydrogens is 404 g/mol. The quantitative estimate of drug-likeness (QED) is 0.609. The van der Waals surface area contributed by atoms with Crippen molar-refractivity contribution < 1.29 is 9.90 Å². The lowest BCUT2D eigenvalue weighted by atomic mass is 9.48. The van der Waals surface area contributed by atoms with Gasteiger partial charge < -0.3 is 10.4 Å². The summed E-state index contributed by atoms with van der Waals surface area (Å²) >= 11 is 1.32. The number of carbonyl (C=O) groups is 1. The van der Waals surface area contributed by atoms with Gasteiger partial charge in [0.2, 0.25) is 0 Å². The minimum atomic E-state index is -0.167. The molecule has 0 aromatic heterocycles. The number of nitrogens with one attached hydrogen (secondary N) is 1. The van der Waals surface area contributed by atoms with Crippen LogP contribution in [0.25, 0.3) is 6.08 Å².